The average molecular weight is 398 g/mol. The highest BCUT2D eigenvalue weighted by molar-refractivity contribution is 5.95. The van der Waals surface area contributed by atoms with Crippen molar-refractivity contribution < 1.29 is 23.9 Å². The van der Waals surface area contributed by atoms with E-state index in [1.54, 1.807) is 31.4 Å². The van der Waals surface area contributed by atoms with Crippen LogP contribution in [-0.2, 0) is 19.1 Å². The van der Waals surface area contributed by atoms with Crippen LogP contribution in [0.4, 0.5) is 5.69 Å². The van der Waals surface area contributed by atoms with Gasteiger partial charge in [-0.25, -0.2) is 0 Å². The summed E-state index contributed by atoms with van der Waals surface area (Å²) in [6.07, 6.45) is -1.07. The van der Waals surface area contributed by atoms with E-state index >= 15 is 0 Å². The number of carbonyl (C=O) groups excluding carboxylic acids is 3. The number of nitrogens with one attached hydrogen (secondary N) is 2. The van der Waals surface area contributed by atoms with Crippen LogP contribution in [0.1, 0.15) is 37.4 Å². The van der Waals surface area contributed by atoms with Gasteiger partial charge in [0.1, 0.15) is 5.75 Å². The molecule has 0 aliphatic rings. The predicted molar refractivity (Wildman–Crippen MR) is 110 cm³/mol. The number of hydrogen-bond donors (Lipinski definition) is 2. The Morgan fingerprint density at radius 2 is 1.62 bits per heavy atom. The quantitative estimate of drug-likeness (QED) is 0.667. The predicted octanol–water partition coefficient (Wildman–Crippen LogP) is 3.14. The molecule has 0 heterocycles. The molecule has 2 aromatic carbocycles. The first kappa shape index (κ1) is 21.9. The van der Waals surface area contributed by atoms with Crippen molar-refractivity contribution in [2.45, 2.75) is 39.3 Å². The molecule has 0 spiro atoms. The van der Waals surface area contributed by atoms with E-state index in [1.807, 2.05) is 31.2 Å². The highest BCUT2D eigenvalue weighted by atomic mass is 16.5. The van der Waals surface area contributed by atoms with Crippen LogP contribution in [0.25, 0.3) is 0 Å². The zero-order valence-corrected chi connectivity index (χ0v) is 17.0. The van der Waals surface area contributed by atoms with Crippen molar-refractivity contribution in [1.82, 2.24) is 5.32 Å². The summed E-state index contributed by atoms with van der Waals surface area (Å²) >= 11 is 0. The fourth-order valence-corrected chi connectivity index (χ4v) is 2.68. The van der Waals surface area contributed by atoms with Crippen molar-refractivity contribution in [3.8, 4) is 5.75 Å². The fraction of sp³-hybridized carbons (Fsp3) is 0.318. The zero-order valence-electron chi connectivity index (χ0n) is 17.0. The lowest BCUT2D eigenvalue weighted by Gasteiger charge is -2.19. The summed E-state index contributed by atoms with van der Waals surface area (Å²) in [6, 6.07) is 13.8. The first-order chi connectivity index (χ1) is 13.8. The van der Waals surface area contributed by atoms with Gasteiger partial charge in [0.2, 0.25) is 5.91 Å². The molecule has 2 amide bonds. The number of hydrogen-bond acceptors (Lipinski definition) is 5. The van der Waals surface area contributed by atoms with Crippen molar-refractivity contribution in [3.05, 3.63) is 59.7 Å². The van der Waals surface area contributed by atoms with Crippen LogP contribution >= 0.6 is 0 Å². The third-order valence-electron chi connectivity index (χ3n) is 4.26. The summed E-state index contributed by atoms with van der Waals surface area (Å²) < 4.78 is 10.3. The Kier molecular flexibility index (Phi) is 7.77. The number of benzene rings is 2. The molecule has 0 saturated heterocycles. The van der Waals surface area contributed by atoms with Crippen LogP contribution in [-0.4, -0.2) is 31.0 Å². The molecule has 2 aromatic rings. The number of ether oxygens (including phenoxy) is 2. The van der Waals surface area contributed by atoms with E-state index in [-0.39, 0.29) is 12.3 Å². The van der Waals surface area contributed by atoms with Gasteiger partial charge in [-0.05, 0) is 43.7 Å². The lowest BCUT2D eigenvalue weighted by Crippen LogP contribution is -2.33. The minimum Gasteiger partial charge on any atom is -0.497 e. The Morgan fingerprint density at radius 3 is 2.17 bits per heavy atom. The molecule has 0 aromatic heterocycles. The topological polar surface area (TPSA) is 93.7 Å². The van der Waals surface area contributed by atoms with Crippen molar-refractivity contribution in [2.24, 2.45) is 0 Å². The van der Waals surface area contributed by atoms with Gasteiger partial charge in [-0.15, -0.1) is 0 Å². The summed E-state index contributed by atoms with van der Waals surface area (Å²) in [5, 5.41) is 5.43. The molecule has 154 valence electrons. The summed E-state index contributed by atoms with van der Waals surface area (Å²) in [5.41, 5.74) is 2.43. The van der Waals surface area contributed by atoms with Gasteiger partial charge in [-0.3, -0.25) is 14.4 Å². The third kappa shape index (κ3) is 6.95. The number of methoxy groups -OCH3 is 1. The molecule has 29 heavy (non-hydrogen) atoms. The Labute approximate surface area is 170 Å². The smallest absolute Gasteiger partial charge is 0.309 e. The molecule has 2 atom stereocenters. The van der Waals surface area contributed by atoms with E-state index in [1.165, 1.54) is 13.8 Å². The molecular weight excluding hydrogens is 372 g/mol. The van der Waals surface area contributed by atoms with E-state index < -0.39 is 24.0 Å². The number of aryl methyl sites for hydroxylation is 1. The first-order valence-electron chi connectivity index (χ1n) is 9.26. The monoisotopic (exact) mass is 398 g/mol. The molecule has 7 heteroatoms. The van der Waals surface area contributed by atoms with Gasteiger partial charge in [0.15, 0.2) is 6.10 Å². The second-order valence-electron chi connectivity index (χ2n) is 6.72. The SMILES string of the molecule is COc1ccc(NC(=O)C(C)OC(=O)CC(NC(C)=O)c2ccc(C)cc2)cc1. The lowest BCUT2D eigenvalue weighted by atomic mass is 10.0. The minimum absolute atomic E-state index is 0.0806. The number of esters is 1. The Balaban J connectivity index is 1.95. The molecule has 0 bridgehead atoms. The van der Waals surface area contributed by atoms with Crippen LogP contribution in [0, 0.1) is 6.92 Å². The number of rotatable bonds is 8. The highest BCUT2D eigenvalue weighted by Gasteiger charge is 2.22. The normalized spacial score (nSPS) is 12.4. The number of carbonyl (C=O) groups is 3. The summed E-state index contributed by atoms with van der Waals surface area (Å²) in [5.74, 6) is -0.618. The summed E-state index contributed by atoms with van der Waals surface area (Å²) in [7, 11) is 1.56. The Bertz CT molecular complexity index is 847. The van der Waals surface area contributed by atoms with E-state index in [9.17, 15) is 14.4 Å². The molecule has 0 aliphatic carbocycles. The van der Waals surface area contributed by atoms with Crippen LogP contribution in [0.5, 0.6) is 5.75 Å². The summed E-state index contributed by atoms with van der Waals surface area (Å²) in [4.78, 5) is 36.2. The van der Waals surface area contributed by atoms with Gasteiger partial charge in [0, 0.05) is 12.6 Å². The molecule has 0 saturated carbocycles. The molecule has 0 radical (unpaired) electrons. The van der Waals surface area contributed by atoms with Crippen LogP contribution in [0.15, 0.2) is 48.5 Å². The maximum Gasteiger partial charge on any atom is 0.309 e. The Hall–Kier alpha value is -3.35. The fourth-order valence-electron chi connectivity index (χ4n) is 2.68. The first-order valence-corrected chi connectivity index (χ1v) is 9.26. The molecule has 0 aliphatic heterocycles. The van der Waals surface area contributed by atoms with Gasteiger partial charge < -0.3 is 20.1 Å². The maximum atomic E-state index is 12.4. The second kappa shape index (κ2) is 10.3. The van der Waals surface area contributed by atoms with Crippen LogP contribution in [0.3, 0.4) is 0 Å². The molecule has 2 rings (SSSR count). The van der Waals surface area contributed by atoms with Gasteiger partial charge in [0.05, 0.1) is 19.6 Å². The molecular formula is C22H26N2O5. The summed E-state index contributed by atoms with van der Waals surface area (Å²) in [6.45, 7) is 4.84. The molecule has 7 nitrogen and oxygen atoms in total. The van der Waals surface area contributed by atoms with Gasteiger partial charge in [-0.1, -0.05) is 29.8 Å². The van der Waals surface area contributed by atoms with Crippen molar-refractivity contribution in [1.29, 1.82) is 0 Å². The average Bonchev–Trinajstić information content (AvgIpc) is 2.68. The van der Waals surface area contributed by atoms with E-state index in [0.717, 1.165) is 11.1 Å². The Morgan fingerprint density at radius 1 is 1.00 bits per heavy atom. The highest BCUT2D eigenvalue weighted by Crippen LogP contribution is 2.19. The van der Waals surface area contributed by atoms with Crippen LogP contribution in [0.2, 0.25) is 0 Å². The van der Waals surface area contributed by atoms with Gasteiger partial charge in [0.25, 0.3) is 5.91 Å². The van der Waals surface area contributed by atoms with Gasteiger partial charge in [-0.2, -0.15) is 0 Å². The molecule has 2 N–H and O–H groups in total. The molecule has 2 unspecified atom stereocenters. The number of anilines is 1. The maximum absolute atomic E-state index is 12.4. The number of amides is 2. The van der Waals surface area contributed by atoms with Gasteiger partial charge >= 0.3 is 5.97 Å². The van der Waals surface area contributed by atoms with E-state index in [0.29, 0.717) is 11.4 Å². The lowest BCUT2D eigenvalue weighted by molar-refractivity contribution is -0.153. The minimum atomic E-state index is -0.986. The standard InChI is InChI=1S/C22H26N2O5/c1-14-5-7-17(8-6-14)20(23-16(3)25)13-21(26)29-15(2)22(27)24-18-9-11-19(28-4)12-10-18/h5-12,15,20H,13H2,1-4H3,(H,23,25)(H,24,27). The zero-order chi connectivity index (χ0) is 21.4. The largest absolute Gasteiger partial charge is 0.497 e. The van der Waals surface area contributed by atoms with Crippen molar-refractivity contribution in [2.75, 3.05) is 12.4 Å². The van der Waals surface area contributed by atoms with Crippen molar-refractivity contribution in [3.63, 3.8) is 0 Å². The third-order valence-corrected chi connectivity index (χ3v) is 4.26. The van der Waals surface area contributed by atoms with E-state index in [2.05, 4.69) is 10.6 Å². The second-order valence-corrected chi connectivity index (χ2v) is 6.72. The van der Waals surface area contributed by atoms with E-state index in [4.69, 9.17) is 9.47 Å². The van der Waals surface area contributed by atoms with Crippen molar-refractivity contribution >= 4 is 23.5 Å². The molecule has 0 fully saturated rings. The van der Waals surface area contributed by atoms with Crippen LogP contribution < -0.4 is 15.4 Å².